The fourth-order valence-electron chi connectivity index (χ4n) is 0.921. The first kappa shape index (κ1) is 7.29. The highest BCUT2D eigenvalue weighted by Gasteiger charge is 2.00. The van der Waals surface area contributed by atoms with Crippen LogP contribution in [0.3, 0.4) is 0 Å². The van der Waals surface area contributed by atoms with Crippen LogP contribution in [0.2, 0.25) is 0 Å². The van der Waals surface area contributed by atoms with E-state index in [4.69, 9.17) is 5.73 Å². The fourth-order valence-corrected chi connectivity index (χ4v) is 0.921. The summed E-state index contributed by atoms with van der Waals surface area (Å²) in [6, 6.07) is 9.90. The van der Waals surface area contributed by atoms with E-state index in [1.807, 2.05) is 37.3 Å². The molecule has 1 aromatic carbocycles. The maximum atomic E-state index is 7.56. The average Bonchev–Trinajstić information content (AvgIpc) is 2.05. The van der Waals surface area contributed by atoms with Gasteiger partial charge in [-0.25, -0.2) is 5.73 Å². The second kappa shape index (κ2) is 3.37. The summed E-state index contributed by atoms with van der Waals surface area (Å²) in [5.74, 6) is 0. The Bertz CT molecular complexity index is 181. The summed E-state index contributed by atoms with van der Waals surface area (Å²) in [6.07, 6.45) is 0.893. The molecule has 1 aromatic rings. The Morgan fingerprint density at radius 2 is 1.90 bits per heavy atom. The number of hydrogen-bond donors (Lipinski definition) is 0. The molecule has 0 aliphatic heterocycles. The van der Waals surface area contributed by atoms with E-state index in [1.54, 1.807) is 0 Å². The quantitative estimate of drug-likeness (QED) is 0.593. The van der Waals surface area contributed by atoms with Crippen LogP contribution >= 0.6 is 0 Å². The van der Waals surface area contributed by atoms with Gasteiger partial charge < -0.3 is 0 Å². The van der Waals surface area contributed by atoms with Crippen LogP contribution in [0.1, 0.15) is 24.9 Å². The molecule has 0 aliphatic rings. The maximum Gasteiger partial charge on any atom is 0.0460 e. The molecule has 1 rings (SSSR count). The third-order valence-corrected chi connectivity index (χ3v) is 1.61. The van der Waals surface area contributed by atoms with Crippen LogP contribution in [0.4, 0.5) is 0 Å². The molecule has 53 valence electrons. The molecule has 0 aromatic heterocycles. The second-order valence-electron chi connectivity index (χ2n) is 2.37. The molecular weight excluding hydrogens is 122 g/mol. The highest BCUT2D eigenvalue weighted by molar-refractivity contribution is 5.17. The molecule has 10 heavy (non-hydrogen) atoms. The monoisotopic (exact) mass is 134 g/mol. The Hall–Kier alpha value is -0.820. The van der Waals surface area contributed by atoms with E-state index in [1.165, 1.54) is 0 Å². The van der Waals surface area contributed by atoms with Crippen LogP contribution in [0.15, 0.2) is 30.3 Å². The predicted molar refractivity (Wildman–Crippen MR) is 42.6 cm³/mol. The van der Waals surface area contributed by atoms with Crippen molar-refractivity contribution in [3.05, 3.63) is 35.9 Å². The molecule has 0 bridgehead atoms. The molecule has 1 radical (unpaired) electrons. The molecule has 0 fully saturated rings. The first-order valence-corrected chi connectivity index (χ1v) is 3.60. The summed E-state index contributed by atoms with van der Waals surface area (Å²) < 4.78 is 0. The van der Waals surface area contributed by atoms with E-state index >= 15 is 0 Å². The molecule has 1 N–H and O–H groups in total. The van der Waals surface area contributed by atoms with Crippen molar-refractivity contribution in [3.8, 4) is 0 Å². The summed E-state index contributed by atoms with van der Waals surface area (Å²) in [4.78, 5) is 0. The Morgan fingerprint density at radius 3 is 2.40 bits per heavy atom. The van der Waals surface area contributed by atoms with Gasteiger partial charge >= 0.3 is 0 Å². The molecule has 0 aliphatic carbocycles. The third-order valence-electron chi connectivity index (χ3n) is 1.61. The lowest BCUT2D eigenvalue weighted by Gasteiger charge is -2.05. The SMILES string of the molecule is CCC([NH])c1ccccc1. The van der Waals surface area contributed by atoms with Crippen molar-refractivity contribution < 1.29 is 0 Å². The molecule has 0 saturated heterocycles. The van der Waals surface area contributed by atoms with Crippen LogP contribution in [0, 0.1) is 0 Å². The first-order valence-electron chi connectivity index (χ1n) is 3.60. The van der Waals surface area contributed by atoms with Crippen LogP contribution in [0.25, 0.3) is 0 Å². The first-order chi connectivity index (χ1) is 4.84. The van der Waals surface area contributed by atoms with Crippen molar-refractivity contribution in [2.75, 3.05) is 0 Å². The number of rotatable bonds is 2. The van der Waals surface area contributed by atoms with Gasteiger partial charge in [0.2, 0.25) is 0 Å². The zero-order chi connectivity index (χ0) is 7.40. The average molecular weight is 134 g/mol. The normalized spacial score (nSPS) is 13.0. The highest BCUT2D eigenvalue weighted by atomic mass is 14.6. The predicted octanol–water partition coefficient (Wildman–Crippen LogP) is 2.42. The number of nitrogens with one attached hydrogen (secondary N) is 1. The molecule has 0 amide bonds. The van der Waals surface area contributed by atoms with Gasteiger partial charge in [-0.1, -0.05) is 37.3 Å². The molecule has 0 spiro atoms. The zero-order valence-electron chi connectivity index (χ0n) is 6.17. The minimum Gasteiger partial charge on any atom is -0.250 e. The van der Waals surface area contributed by atoms with Gasteiger partial charge in [0, 0.05) is 6.04 Å². The van der Waals surface area contributed by atoms with E-state index in [9.17, 15) is 0 Å². The van der Waals surface area contributed by atoms with E-state index in [-0.39, 0.29) is 6.04 Å². The van der Waals surface area contributed by atoms with Crippen LogP contribution in [-0.2, 0) is 0 Å². The van der Waals surface area contributed by atoms with E-state index in [0.29, 0.717) is 0 Å². The molecule has 1 unspecified atom stereocenters. The molecule has 1 atom stereocenters. The zero-order valence-corrected chi connectivity index (χ0v) is 6.17. The lowest BCUT2D eigenvalue weighted by atomic mass is 10.1. The molecule has 0 heterocycles. The van der Waals surface area contributed by atoms with Crippen molar-refractivity contribution in [2.24, 2.45) is 0 Å². The summed E-state index contributed by atoms with van der Waals surface area (Å²) in [6.45, 7) is 2.03. The topological polar surface area (TPSA) is 23.8 Å². The summed E-state index contributed by atoms with van der Waals surface area (Å²) in [5.41, 5.74) is 8.68. The van der Waals surface area contributed by atoms with Crippen molar-refractivity contribution in [2.45, 2.75) is 19.4 Å². The Kier molecular flexibility index (Phi) is 2.46. The van der Waals surface area contributed by atoms with Crippen LogP contribution < -0.4 is 5.73 Å². The minimum atomic E-state index is -0.0406. The molecule has 1 heteroatoms. The third kappa shape index (κ3) is 1.58. The van der Waals surface area contributed by atoms with Gasteiger partial charge in [0.25, 0.3) is 0 Å². The summed E-state index contributed by atoms with van der Waals surface area (Å²) in [7, 11) is 0. The van der Waals surface area contributed by atoms with Gasteiger partial charge in [0.05, 0.1) is 0 Å². The molecular formula is C9H12N. The Labute approximate surface area is 61.9 Å². The summed E-state index contributed by atoms with van der Waals surface area (Å²) >= 11 is 0. The fraction of sp³-hybridized carbons (Fsp3) is 0.333. The van der Waals surface area contributed by atoms with Gasteiger partial charge in [0.1, 0.15) is 0 Å². The number of hydrogen-bond acceptors (Lipinski definition) is 0. The van der Waals surface area contributed by atoms with Crippen LogP contribution in [0.5, 0.6) is 0 Å². The van der Waals surface area contributed by atoms with Crippen molar-refractivity contribution in [3.63, 3.8) is 0 Å². The van der Waals surface area contributed by atoms with Crippen molar-refractivity contribution in [1.29, 1.82) is 0 Å². The maximum absolute atomic E-state index is 7.56. The van der Waals surface area contributed by atoms with Crippen molar-refractivity contribution >= 4 is 0 Å². The standard InChI is InChI=1S/C9H12N/c1-2-9(10)8-6-4-3-5-7-8/h3-7,9-10H,2H2,1H3. The summed E-state index contributed by atoms with van der Waals surface area (Å²) in [5, 5.41) is 0. The van der Waals surface area contributed by atoms with Gasteiger partial charge in [-0.05, 0) is 12.0 Å². The smallest absolute Gasteiger partial charge is 0.0460 e. The van der Waals surface area contributed by atoms with Gasteiger partial charge in [-0.15, -0.1) is 0 Å². The van der Waals surface area contributed by atoms with E-state index in [2.05, 4.69) is 0 Å². The van der Waals surface area contributed by atoms with Gasteiger partial charge in [0.15, 0.2) is 0 Å². The number of benzene rings is 1. The van der Waals surface area contributed by atoms with E-state index < -0.39 is 0 Å². The Balaban J connectivity index is 2.75. The lowest BCUT2D eigenvalue weighted by Crippen LogP contribution is -1.95. The van der Waals surface area contributed by atoms with Gasteiger partial charge in [-0.3, -0.25) is 0 Å². The lowest BCUT2D eigenvalue weighted by molar-refractivity contribution is 0.676. The Morgan fingerprint density at radius 1 is 1.30 bits per heavy atom. The minimum absolute atomic E-state index is 0.0406. The molecule has 0 saturated carbocycles. The second-order valence-corrected chi connectivity index (χ2v) is 2.37. The molecule has 1 nitrogen and oxygen atoms in total. The van der Waals surface area contributed by atoms with Crippen LogP contribution in [-0.4, -0.2) is 0 Å². The largest absolute Gasteiger partial charge is 0.250 e. The van der Waals surface area contributed by atoms with Crippen molar-refractivity contribution in [1.82, 2.24) is 5.73 Å². The van der Waals surface area contributed by atoms with E-state index in [0.717, 1.165) is 12.0 Å². The highest BCUT2D eigenvalue weighted by Crippen LogP contribution is 2.13. The van der Waals surface area contributed by atoms with Gasteiger partial charge in [-0.2, -0.15) is 0 Å².